The van der Waals surface area contributed by atoms with Crippen molar-refractivity contribution in [1.29, 1.82) is 0 Å². The highest BCUT2D eigenvalue weighted by Crippen LogP contribution is 2.12. The summed E-state index contributed by atoms with van der Waals surface area (Å²) in [6, 6.07) is 0. The van der Waals surface area contributed by atoms with Gasteiger partial charge in [0, 0.05) is 11.4 Å². The molecule has 0 amide bonds. The van der Waals surface area contributed by atoms with E-state index in [9.17, 15) is 0 Å². The van der Waals surface area contributed by atoms with E-state index in [4.69, 9.17) is 0 Å². The fourth-order valence-corrected chi connectivity index (χ4v) is 1.16. The van der Waals surface area contributed by atoms with Gasteiger partial charge in [-0.3, -0.25) is 4.90 Å². The third-order valence-electron chi connectivity index (χ3n) is 1.47. The van der Waals surface area contributed by atoms with E-state index in [2.05, 4.69) is 39.0 Å². The Kier molecular flexibility index (Phi) is 3.59. The van der Waals surface area contributed by atoms with Crippen molar-refractivity contribution in [1.82, 2.24) is 4.90 Å². The van der Waals surface area contributed by atoms with Crippen molar-refractivity contribution in [3.8, 4) is 0 Å². The number of hydrogen-bond donors (Lipinski definition) is 0. The third kappa shape index (κ3) is 3.82. The van der Waals surface area contributed by atoms with Crippen molar-refractivity contribution in [2.75, 3.05) is 19.2 Å². The molecule has 2 heteroatoms. The second kappa shape index (κ2) is 3.47. The van der Waals surface area contributed by atoms with Crippen molar-refractivity contribution in [2.24, 2.45) is 0 Å². The zero-order valence-corrected chi connectivity index (χ0v) is 7.88. The number of nitrogens with zero attached hydrogens (tertiary/aromatic N) is 1. The monoisotopic (exact) mass is 147 g/mol. The topological polar surface area (TPSA) is 3.24 Å². The van der Waals surface area contributed by atoms with E-state index in [0.717, 1.165) is 5.88 Å². The smallest absolute Gasteiger partial charge is 0.0443 e. The molecule has 0 radical (unpaired) electrons. The molecule has 0 saturated heterocycles. The van der Waals surface area contributed by atoms with Crippen LogP contribution in [-0.4, -0.2) is 29.6 Å². The Morgan fingerprint density at radius 1 is 1.33 bits per heavy atom. The molecule has 0 atom stereocenters. The van der Waals surface area contributed by atoms with E-state index in [0.29, 0.717) is 5.54 Å². The number of rotatable bonds is 2. The zero-order valence-electron chi connectivity index (χ0n) is 7.06. The van der Waals surface area contributed by atoms with Crippen LogP contribution in [0.5, 0.6) is 0 Å². The van der Waals surface area contributed by atoms with Crippen LogP contribution in [0, 0.1) is 0 Å². The summed E-state index contributed by atoms with van der Waals surface area (Å²) >= 11 is 1.86. The standard InChI is InChI=1S/C7H17NS/c1-7(2,3)8(4)6-9-5/h6H2,1-5H3. The van der Waals surface area contributed by atoms with Gasteiger partial charge >= 0.3 is 0 Å². The highest BCUT2D eigenvalue weighted by molar-refractivity contribution is 7.98. The molecule has 0 saturated carbocycles. The molecule has 0 aromatic rings. The van der Waals surface area contributed by atoms with Crippen LogP contribution in [0.1, 0.15) is 20.8 Å². The Labute approximate surface area is 62.8 Å². The molecular weight excluding hydrogens is 130 g/mol. The second-order valence-corrected chi connectivity index (χ2v) is 4.12. The first-order valence-corrected chi connectivity index (χ1v) is 4.58. The molecule has 56 valence electrons. The molecule has 0 heterocycles. The van der Waals surface area contributed by atoms with Crippen LogP contribution in [0.2, 0.25) is 0 Å². The lowest BCUT2D eigenvalue weighted by atomic mass is 10.1. The maximum Gasteiger partial charge on any atom is 0.0443 e. The second-order valence-electron chi connectivity index (χ2n) is 3.29. The molecule has 0 aliphatic rings. The summed E-state index contributed by atoms with van der Waals surface area (Å²) < 4.78 is 0. The zero-order chi connectivity index (χ0) is 7.49. The fourth-order valence-electron chi connectivity index (χ4n) is 0.387. The summed E-state index contributed by atoms with van der Waals surface area (Å²) in [6.07, 6.45) is 2.13. The Morgan fingerprint density at radius 2 is 1.78 bits per heavy atom. The average Bonchev–Trinajstić information content (AvgIpc) is 1.64. The Balaban J connectivity index is 3.59. The minimum Gasteiger partial charge on any atom is -0.292 e. The minimum atomic E-state index is 0.322. The van der Waals surface area contributed by atoms with Crippen LogP contribution in [0.25, 0.3) is 0 Å². The third-order valence-corrected chi connectivity index (χ3v) is 2.11. The van der Waals surface area contributed by atoms with Crippen LogP contribution in [0.3, 0.4) is 0 Å². The van der Waals surface area contributed by atoms with E-state index >= 15 is 0 Å². The first-order valence-electron chi connectivity index (χ1n) is 3.18. The lowest BCUT2D eigenvalue weighted by Gasteiger charge is -2.30. The normalized spacial score (nSPS) is 12.7. The first kappa shape index (κ1) is 9.31. The SMILES string of the molecule is CSCN(C)C(C)(C)C. The van der Waals surface area contributed by atoms with Crippen LogP contribution in [0.4, 0.5) is 0 Å². The molecule has 0 unspecified atom stereocenters. The van der Waals surface area contributed by atoms with Crippen molar-refractivity contribution >= 4 is 11.8 Å². The molecule has 0 aromatic carbocycles. The van der Waals surface area contributed by atoms with E-state index in [1.165, 1.54) is 0 Å². The van der Waals surface area contributed by atoms with Gasteiger partial charge in [-0.15, -0.1) is 11.8 Å². The van der Waals surface area contributed by atoms with Gasteiger partial charge in [0.15, 0.2) is 0 Å². The minimum absolute atomic E-state index is 0.322. The lowest BCUT2D eigenvalue weighted by Crippen LogP contribution is -2.37. The summed E-state index contributed by atoms with van der Waals surface area (Å²) in [6.45, 7) is 6.68. The maximum atomic E-state index is 2.33. The molecule has 0 fully saturated rings. The van der Waals surface area contributed by atoms with Crippen molar-refractivity contribution in [3.05, 3.63) is 0 Å². The van der Waals surface area contributed by atoms with Gasteiger partial charge < -0.3 is 0 Å². The molecule has 9 heavy (non-hydrogen) atoms. The van der Waals surface area contributed by atoms with Gasteiger partial charge in [-0.2, -0.15) is 0 Å². The first-order chi connectivity index (χ1) is 3.98. The highest BCUT2D eigenvalue weighted by atomic mass is 32.2. The number of thioether (sulfide) groups is 1. The van der Waals surface area contributed by atoms with Crippen molar-refractivity contribution in [2.45, 2.75) is 26.3 Å². The molecule has 0 aliphatic carbocycles. The van der Waals surface area contributed by atoms with E-state index in [-0.39, 0.29) is 0 Å². The van der Waals surface area contributed by atoms with Crippen molar-refractivity contribution in [3.63, 3.8) is 0 Å². The van der Waals surface area contributed by atoms with Gasteiger partial charge in [0.25, 0.3) is 0 Å². The summed E-state index contributed by atoms with van der Waals surface area (Å²) in [5.41, 5.74) is 0.322. The van der Waals surface area contributed by atoms with Gasteiger partial charge in [-0.1, -0.05) is 0 Å². The molecule has 0 rings (SSSR count). The van der Waals surface area contributed by atoms with E-state index in [1.807, 2.05) is 11.8 Å². The average molecular weight is 147 g/mol. The number of hydrogen-bond acceptors (Lipinski definition) is 2. The van der Waals surface area contributed by atoms with Gasteiger partial charge in [0.05, 0.1) is 0 Å². The van der Waals surface area contributed by atoms with Gasteiger partial charge in [0.2, 0.25) is 0 Å². The van der Waals surface area contributed by atoms with Gasteiger partial charge in [0.1, 0.15) is 0 Å². The van der Waals surface area contributed by atoms with Crippen LogP contribution >= 0.6 is 11.8 Å². The van der Waals surface area contributed by atoms with Crippen LogP contribution in [-0.2, 0) is 0 Å². The molecular formula is C7H17NS. The Hall–Kier alpha value is 0.310. The van der Waals surface area contributed by atoms with Crippen LogP contribution in [0.15, 0.2) is 0 Å². The molecule has 1 nitrogen and oxygen atoms in total. The molecule has 0 bridgehead atoms. The van der Waals surface area contributed by atoms with Gasteiger partial charge in [-0.25, -0.2) is 0 Å². The highest BCUT2D eigenvalue weighted by Gasteiger charge is 2.14. The summed E-state index contributed by atoms with van der Waals surface area (Å²) in [4.78, 5) is 2.33. The fraction of sp³-hybridized carbons (Fsp3) is 1.00. The summed E-state index contributed by atoms with van der Waals surface area (Å²) in [5.74, 6) is 1.11. The quantitative estimate of drug-likeness (QED) is 0.550. The molecule has 0 aromatic heterocycles. The molecule has 0 aliphatic heterocycles. The molecule has 0 spiro atoms. The largest absolute Gasteiger partial charge is 0.292 e. The summed E-state index contributed by atoms with van der Waals surface area (Å²) in [7, 11) is 2.15. The summed E-state index contributed by atoms with van der Waals surface area (Å²) in [5, 5.41) is 0. The van der Waals surface area contributed by atoms with E-state index in [1.54, 1.807) is 0 Å². The molecule has 0 N–H and O–H groups in total. The van der Waals surface area contributed by atoms with Gasteiger partial charge in [-0.05, 0) is 34.1 Å². The maximum absolute atomic E-state index is 2.33. The Bertz CT molecular complexity index is 75.5. The van der Waals surface area contributed by atoms with Crippen molar-refractivity contribution < 1.29 is 0 Å². The Morgan fingerprint density at radius 3 is 1.89 bits per heavy atom. The lowest BCUT2D eigenvalue weighted by molar-refractivity contribution is 0.209. The predicted octanol–water partition coefficient (Wildman–Crippen LogP) is 2.04. The van der Waals surface area contributed by atoms with E-state index < -0.39 is 0 Å². The van der Waals surface area contributed by atoms with Crippen LogP contribution < -0.4 is 0 Å². The predicted molar refractivity (Wildman–Crippen MR) is 45.9 cm³/mol.